The van der Waals surface area contributed by atoms with E-state index in [0.29, 0.717) is 0 Å². The van der Waals surface area contributed by atoms with Gasteiger partial charge in [-0.3, -0.25) is 4.90 Å². The van der Waals surface area contributed by atoms with Crippen LogP contribution in [0.25, 0.3) is 0 Å². The lowest BCUT2D eigenvalue weighted by atomic mass is 10.1. The Balaban J connectivity index is 1.62. The summed E-state index contributed by atoms with van der Waals surface area (Å²) in [6, 6.07) is 9.73. The van der Waals surface area contributed by atoms with Crippen molar-refractivity contribution in [1.82, 2.24) is 9.80 Å². The van der Waals surface area contributed by atoms with Gasteiger partial charge < -0.3 is 4.90 Å². The number of benzene rings is 1. The van der Waals surface area contributed by atoms with Crippen molar-refractivity contribution in [3.63, 3.8) is 0 Å². The number of rotatable bonds is 2. The molecule has 1 saturated heterocycles. The number of hydrogen-bond donors (Lipinski definition) is 0. The monoisotopic (exact) mass is 230 g/mol. The first-order valence-electron chi connectivity index (χ1n) is 6.90. The maximum absolute atomic E-state index is 2.70. The topological polar surface area (TPSA) is 6.48 Å². The smallest absolute Gasteiger partial charge is 0.0177 e. The number of hydrogen-bond acceptors (Lipinski definition) is 2. The van der Waals surface area contributed by atoms with E-state index >= 15 is 0 Å². The number of piperazine rings is 1. The summed E-state index contributed by atoms with van der Waals surface area (Å²) in [5.74, 6) is 0. The lowest BCUT2D eigenvalue weighted by molar-refractivity contribution is 0.103. The Hall–Kier alpha value is -0.860. The quantitative estimate of drug-likeness (QED) is 0.764. The van der Waals surface area contributed by atoms with Crippen LogP contribution >= 0.6 is 0 Å². The average Bonchev–Trinajstić information content (AvgIpc) is 2.82. The normalized spacial score (nSPS) is 22.9. The van der Waals surface area contributed by atoms with E-state index in [1.54, 1.807) is 11.1 Å². The van der Waals surface area contributed by atoms with E-state index in [0.717, 1.165) is 6.04 Å². The molecule has 0 unspecified atom stereocenters. The van der Waals surface area contributed by atoms with E-state index in [9.17, 15) is 0 Å². The zero-order chi connectivity index (χ0) is 11.7. The number of nitrogens with zero attached hydrogens (tertiary/aromatic N) is 2. The highest BCUT2D eigenvalue weighted by Crippen LogP contribution is 2.25. The molecule has 1 fully saturated rings. The lowest BCUT2D eigenvalue weighted by Crippen LogP contribution is -2.50. The third-order valence-electron chi connectivity index (χ3n) is 4.40. The van der Waals surface area contributed by atoms with E-state index in [-0.39, 0.29) is 0 Å². The first-order chi connectivity index (χ1) is 8.36. The van der Waals surface area contributed by atoms with Crippen molar-refractivity contribution in [3.8, 4) is 0 Å². The molecule has 1 aromatic rings. The van der Waals surface area contributed by atoms with Crippen molar-refractivity contribution in [2.75, 3.05) is 32.7 Å². The van der Waals surface area contributed by atoms with Crippen molar-refractivity contribution >= 4 is 0 Å². The summed E-state index contributed by atoms with van der Waals surface area (Å²) in [4.78, 5) is 5.25. The highest BCUT2D eigenvalue weighted by Gasteiger charge is 2.28. The minimum Gasteiger partial charge on any atom is -0.301 e. The lowest BCUT2D eigenvalue weighted by Gasteiger charge is -2.37. The fraction of sp³-hybridized carbons (Fsp3) is 0.600. The molecular weight excluding hydrogens is 208 g/mol. The fourth-order valence-electron chi connectivity index (χ4n) is 3.24. The Labute approximate surface area is 104 Å². The van der Waals surface area contributed by atoms with Gasteiger partial charge in [-0.05, 0) is 30.5 Å². The molecule has 0 saturated carbocycles. The van der Waals surface area contributed by atoms with Gasteiger partial charge in [0.25, 0.3) is 0 Å². The summed E-state index contributed by atoms with van der Waals surface area (Å²) in [5, 5.41) is 0. The first kappa shape index (κ1) is 11.2. The van der Waals surface area contributed by atoms with E-state index in [4.69, 9.17) is 0 Å². The van der Waals surface area contributed by atoms with Crippen molar-refractivity contribution < 1.29 is 0 Å². The Kier molecular flexibility index (Phi) is 3.17. The van der Waals surface area contributed by atoms with Gasteiger partial charge in [0.05, 0.1) is 0 Å². The minimum absolute atomic E-state index is 0.770. The third kappa shape index (κ3) is 2.24. The van der Waals surface area contributed by atoms with Gasteiger partial charge in [-0.25, -0.2) is 0 Å². The summed E-state index contributed by atoms with van der Waals surface area (Å²) >= 11 is 0. The summed E-state index contributed by atoms with van der Waals surface area (Å²) in [7, 11) is 0. The van der Waals surface area contributed by atoms with Crippen LogP contribution in [0.3, 0.4) is 0 Å². The molecule has 0 bridgehead atoms. The predicted molar refractivity (Wildman–Crippen MR) is 71.3 cm³/mol. The van der Waals surface area contributed by atoms with Crippen LogP contribution in [0.5, 0.6) is 0 Å². The minimum atomic E-state index is 0.770. The summed E-state index contributed by atoms with van der Waals surface area (Å²) in [5.41, 5.74) is 3.16. The van der Waals surface area contributed by atoms with Gasteiger partial charge in [0.15, 0.2) is 0 Å². The second-order valence-corrected chi connectivity index (χ2v) is 5.30. The zero-order valence-electron chi connectivity index (χ0n) is 10.7. The summed E-state index contributed by atoms with van der Waals surface area (Å²) in [6.45, 7) is 8.49. The summed E-state index contributed by atoms with van der Waals surface area (Å²) in [6.07, 6.45) is 2.53. The van der Waals surface area contributed by atoms with Crippen LogP contribution in [-0.2, 0) is 12.8 Å². The van der Waals surface area contributed by atoms with Gasteiger partial charge in [-0.1, -0.05) is 31.2 Å². The molecule has 2 aliphatic rings. The Morgan fingerprint density at radius 2 is 1.59 bits per heavy atom. The molecule has 0 aromatic heterocycles. The average molecular weight is 230 g/mol. The maximum Gasteiger partial charge on any atom is 0.0177 e. The number of likely N-dealkylation sites (N-methyl/N-ethyl adjacent to an activating group) is 1. The molecule has 0 radical (unpaired) electrons. The molecule has 1 aliphatic carbocycles. The van der Waals surface area contributed by atoms with E-state index in [2.05, 4.69) is 41.0 Å². The second-order valence-electron chi connectivity index (χ2n) is 5.30. The standard InChI is InChI=1S/C15H22N2/c1-2-16-7-9-17(10-8-16)15-11-13-5-3-4-6-14(13)12-15/h3-6,15H,2,7-12H2,1H3. The maximum atomic E-state index is 2.70. The molecule has 0 atom stereocenters. The van der Waals surface area contributed by atoms with Crippen LogP contribution in [0.15, 0.2) is 24.3 Å². The molecule has 2 nitrogen and oxygen atoms in total. The van der Waals surface area contributed by atoms with Gasteiger partial charge in [0.1, 0.15) is 0 Å². The van der Waals surface area contributed by atoms with Crippen molar-refractivity contribution in [2.45, 2.75) is 25.8 Å². The van der Waals surface area contributed by atoms with Gasteiger partial charge in [-0.15, -0.1) is 0 Å². The molecule has 92 valence electrons. The van der Waals surface area contributed by atoms with Crippen molar-refractivity contribution in [2.24, 2.45) is 0 Å². The molecule has 0 spiro atoms. The first-order valence-corrected chi connectivity index (χ1v) is 6.90. The Morgan fingerprint density at radius 1 is 1.00 bits per heavy atom. The van der Waals surface area contributed by atoms with Crippen molar-refractivity contribution in [1.29, 1.82) is 0 Å². The molecule has 1 heterocycles. The van der Waals surface area contributed by atoms with Crippen LogP contribution < -0.4 is 0 Å². The van der Waals surface area contributed by atoms with Crippen LogP contribution in [0.2, 0.25) is 0 Å². The molecule has 3 rings (SSSR count). The van der Waals surface area contributed by atoms with E-state index in [1.165, 1.54) is 45.6 Å². The van der Waals surface area contributed by atoms with Crippen LogP contribution in [0, 0.1) is 0 Å². The molecular formula is C15H22N2. The highest BCUT2D eigenvalue weighted by molar-refractivity contribution is 5.33. The van der Waals surface area contributed by atoms with Gasteiger partial charge in [0.2, 0.25) is 0 Å². The summed E-state index contributed by atoms with van der Waals surface area (Å²) < 4.78 is 0. The van der Waals surface area contributed by atoms with Crippen LogP contribution in [-0.4, -0.2) is 48.6 Å². The van der Waals surface area contributed by atoms with Gasteiger partial charge in [0, 0.05) is 32.2 Å². The molecule has 17 heavy (non-hydrogen) atoms. The molecule has 1 aliphatic heterocycles. The second kappa shape index (κ2) is 4.79. The number of fused-ring (bicyclic) bond motifs is 1. The molecule has 2 heteroatoms. The molecule has 0 N–H and O–H groups in total. The third-order valence-corrected chi connectivity index (χ3v) is 4.40. The molecule has 0 amide bonds. The largest absolute Gasteiger partial charge is 0.301 e. The van der Waals surface area contributed by atoms with Gasteiger partial charge in [-0.2, -0.15) is 0 Å². The van der Waals surface area contributed by atoms with E-state index in [1.807, 2.05) is 0 Å². The van der Waals surface area contributed by atoms with Gasteiger partial charge >= 0.3 is 0 Å². The highest BCUT2D eigenvalue weighted by atomic mass is 15.3. The fourth-order valence-corrected chi connectivity index (χ4v) is 3.24. The van der Waals surface area contributed by atoms with Crippen LogP contribution in [0.4, 0.5) is 0 Å². The zero-order valence-corrected chi connectivity index (χ0v) is 10.7. The van der Waals surface area contributed by atoms with Crippen molar-refractivity contribution in [3.05, 3.63) is 35.4 Å². The predicted octanol–water partition coefficient (Wildman–Crippen LogP) is 1.79. The Bertz CT molecular complexity index is 355. The SMILES string of the molecule is CCN1CCN(C2Cc3ccccc3C2)CC1. The Morgan fingerprint density at radius 3 is 2.12 bits per heavy atom. The van der Waals surface area contributed by atoms with E-state index < -0.39 is 0 Å². The van der Waals surface area contributed by atoms with Crippen LogP contribution in [0.1, 0.15) is 18.1 Å². The molecule has 1 aromatic carbocycles.